The third-order valence-electron chi connectivity index (χ3n) is 4.64. The van der Waals surface area contributed by atoms with E-state index in [9.17, 15) is 14.5 Å². The summed E-state index contributed by atoms with van der Waals surface area (Å²) in [5, 5.41) is 9.55. The molecule has 6 nitrogen and oxygen atoms in total. The van der Waals surface area contributed by atoms with Crippen LogP contribution in [0.25, 0.3) is 11.3 Å². The van der Waals surface area contributed by atoms with Crippen LogP contribution in [0.4, 0.5) is 0 Å². The highest BCUT2D eigenvalue weighted by molar-refractivity contribution is 7.90. The number of pyridine rings is 1. The number of nitrogens with zero attached hydrogens (tertiary/aromatic N) is 3. The Labute approximate surface area is 181 Å². The van der Waals surface area contributed by atoms with Crippen molar-refractivity contribution in [2.75, 3.05) is 20.6 Å². The number of aromatic nitrogens is 1. The summed E-state index contributed by atoms with van der Waals surface area (Å²) in [5.74, 6) is 5.18. The summed E-state index contributed by atoms with van der Waals surface area (Å²) in [6, 6.07) is 9.27. The van der Waals surface area contributed by atoms with Crippen molar-refractivity contribution < 1.29 is 14.5 Å². The van der Waals surface area contributed by atoms with Crippen LogP contribution >= 0.6 is 0 Å². The highest BCUT2D eigenvalue weighted by Gasteiger charge is 2.38. The Balaban J connectivity index is 2.03. The van der Waals surface area contributed by atoms with Crippen molar-refractivity contribution in [3.63, 3.8) is 0 Å². The van der Waals surface area contributed by atoms with Gasteiger partial charge in [-0.3, -0.25) is 4.90 Å². The predicted octanol–water partition coefficient (Wildman–Crippen LogP) is 3.14. The first kappa shape index (κ1) is 22.3. The fraction of sp³-hybridized carbons (Fsp3) is 0.391. The summed E-state index contributed by atoms with van der Waals surface area (Å²) in [6.45, 7) is 7.37. The molecule has 0 unspecified atom stereocenters. The van der Waals surface area contributed by atoms with E-state index in [2.05, 4.69) is 16.8 Å². The minimum atomic E-state index is -1.20. The molecule has 0 spiro atoms. The minimum absolute atomic E-state index is 0.00349. The fourth-order valence-corrected chi connectivity index (χ4v) is 4.54. The first-order chi connectivity index (χ1) is 14.1. The monoisotopic (exact) mass is 425 g/mol. The van der Waals surface area contributed by atoms with Crippen molar-refractivity contribution in [1.82, 2.24) is 14.2 Å². The van der Waals surface area contributed by atoms with Gasteiger partial charge in [-0.15, -0.1) is 4.31 Å². The number of carboxylic acids is 1. The Morgan fingerprint density at radius 3 is 2.67 bits per heavy atom. The summed E-state index contributed by atoms with van der Waals surface area (Å²) in [4.78, 5) is 18.1. The van der Waals surface area contributed by atoms with Crippen molar-refractivity contribution in [2.24, 2.45) is 0 Å². The topological polar surface area (TPSA) is 79.7 Å². The average Bonchev–Trinajstić information content (AvgIpc) is 3.09. The standard InChI is InChI=1S/C23H27N3O3S/c1-23(2,3)30(29)26-14-18-13-20(22(27)28)24-21(19(18)15-26)17-10-6-8-16(12-17)9-7-11-25(4)5/h6,8,10,12-13H,11,14-15H2,1-5H3,(H,27,28)/t30-/m1/s1. The van der Waals surface area contributed by atoms with E-state index in [0.29, 0.717) is 25.3 Å². The summed E-state index contributed by atoms with van der Waals surface area (Å²) in [5.41, 5.74) is 4.06. The van der Waals surface area contributed by atoms with E-state index in [4.69, 9.17) is 0 Å². The summed E-state index contributed by atoms with van der Waals surface area (Å²) in [6.07, 6.45) is 0. The summed E-state index contributed by atoms with van der Waals surface area (Å²) >= 11 is -1.20. The van der Waals surface area contributed by atoms with Gasteiger partial charge in [0.05, 0.1) is 25.3 Å². The molecule has 0 radical (unpaired) electrons. The molecule has 30 heavy (non-hydrogen) atoms. The highest BCUT2D eigenvalue weighted by Crippen LogP contribution is 2.36. The van der Waals surface area contributed by atoms with Gasteiger partial charge >= 0.3 is 5.97 Å². The average molecular weight is 426 g/mol. The molecule has 1 aliphatic rings. The molecule has 158 valence electrons. The number of hydrogen-bond donors (Lipinski definition) is 1. The predicted molar refractivity (Wildman–Crippen MR) is 119 cm³/mol. The first-order valence-electron chi connectivity index (χ1n) is 9.73. The van der Waals surface area contributed by atoms with Gasteiger partial charge in [0.15, 0.2) is 0 Å². The molecule has 0 amide bonds. The molecule has 1 N–H and O–H groups in total. The lowest BCUT2D eigenvalue weighted by molar-refractivity contribution is 0.0690. The highest BCUT2D eigenvalue weighted by atomic mass is 32.2. The van der Waals surface area contributed by atoms with Crippen LogP contribution in [0.3, 0.4) is 0 Å². The van der Waals surface area contributed by atoms with Crippen molar-refractivity contribution in [2.45, 2.75) is 38.6 Å². The Kier molecular flexibility index (Phi) is 6.53. The molecule has 0 bridgehead atoms. The largest absolute Gasteiger partial charge is 0.597 e. The van der Waals surface area contributed by atoms with Crippen LogP contribution in [0.1, 0.15) is 48.0 Å². The van der Waals surface area contributed by atoms with Crippen LogP contribution in [-0.4, -0.2) is 55.2 Å². The molecular formula is C23H27N3O3S. The Morgan fingerprint density at radius 1 is 1.30 bits per heavy atom. The third-order valence-corrected chi connectivity index (χ3v) is 6.41. The van der Waals surface area contributed by atoms with Crippen LogP contribution in [-0.2, 0) is 24.5 Å². The van der Waals surface area contributed by atoms with Crippen LogP contribution in [0.2, 0.25) is 0 Å². The van der Waals surface area contributed by atoms with Crippen molar-refractivity contribution in [3.8, 4) is 23.1 Å². The molecule has 1 aromatic heterocycles. The smallest absolute Gasteiger partial charge is 0.354 e. The maximum atomic E-state index is 12.9. The van der Waals surface area contributed by atoms with Gasteiger partial charge in [0, 0.05) is 28.1 Å². The van der Waals surface area contributed by atoms with Crippen LogP contribution < -0.4 is 0 Å². The quantitative estimate of drug-likeness (QED) is 0.599. The minimum Gasteiger partial charge on any atom is -0.597 e. The number of carboxylic acid groups (broad SMARTS) is 1. The first-order valence-corrected chi connectivity index (χ1v) is 10.8. The van der Waals surface area contributed by atoms with Gasteiger partial charge in [-0.25, -0.2) is 9.78 Å². The number of hydrogen-bond acceptors (Lipinski definition) is 5. The Morgan fingerprint density at radius 2 is 2.03 bits per heavy atom. The maximum Gasteiger partial charge on any atom is 0.354 e. The number of rotatable bonds is 4. The molecule has 3 rings (SSSR count). The SMILES string of the molecule is CN(C)CC#Cc1cccc(-c2nc(C(=O)O)cc3c2CN([S@+]([O-])C(C)(C)C)C3)c1. The zero-order valence-corrected chi connectivity index (χ0v) is 18.8. The van der Waals surface area contributed by atoms with Gasteiger partial charge < -0.3 is 9.66 Å². The lowest BCUT2D eigenvalue weighted by atomic mass is 10.0. The molecule has 2 aromatic rings. The Hall–Kier alpha value is -2.37. The van der Waals surface area contributed by atoms with E-state index in [1.807, 2.05) is 68.3 Å². The zero-order valence-electron chi connectivity index (χ0n) is 18.0. The van der Waals surface area contributed by atoms with Crippen LogP contribution in [0.15, 0.2) is 30.3 Å². The summed E-state index contributed by atoms with van der Waals surface area (Å²) < 4.78 is 14.4. The lowest BCUT2D eigenvalue weighted by Crippen LogP contribution is -2.40. The van der Waals surface area contributed by atoms with Gasteiger partial charge in [0.25, 0.3) is 0 Å². The summed E-state index contributed by atoms with van der Waals surface area (Å²) in [7, 11) is 3.92. The molecular weight excluding hydrogens is 398 g/mol. The molecule has 2 heterocycles. The third kappa shape index (κ3) is 5.02. The van der Waals surface area contributed by atoms with Gasteiger partial charge in [-0.2, -0.15) is 0 Å². The number of fused-ring (bicyclic) bond motifs is 1. The zero-order chi connectivity index (χ0) is 22.1. The van der Waals surface area contributed by atoms with Gasteiger partial charge in [-0.1, -0.05) is 24.0 Å². The second-order valence-corrected chi connectivity index (χ2v) is 10.8. The van der Waals surface area contributed by atoms with E-state index < -0.39 is 22.1 Å². The molecule has 1 atom stereocenters. The Bertz CT molecular complexity index is 1020. The van der Waals surface area contributed by atoms with E-state index in [0.717, 1.165) is 22.3 Å². The normalized spacial score (nSPS) is 14.9. The molecule has 1 aliphatic heterocycles. The maximum absolute atomic E-state index is 12.9. The van der Waals surface area contributed by atoms with E-state index in [-0.39, 0.29) is 5.69 Å². The lowest BCUT2D eigenvalue weighted by Gasteiger charge is -2.29. The molecule has 1 aromatic carbocycles. The van der Waals surface area contributed by atoms with E-state index in [1.165, 1.54) is 0 Å². The molecule has 0 aliphatic carbocycles. The van der Waals surface area contributed by atoms with E-state index >= 15 is 0 Å². The van der Waals surface area contributed by atoms with Gasteiger partial charge in [0.2, 0.25) is 0 Å². The van der Waals surface area contributed by atoms with Gasteiger partial charge in [0.1, 0.15) is 10.4 Å². The van der Waals surface area contributed by atoms with Gasteiger partial charge in [-0.05, 0) is 58.6 Å². The van der Waals surface area contributed by atoms with Crippen molar-refractivity contribution >= 4 is 17.3 Å². The van der Waals surface area contributed by atoms with Crippen LogP contribution in [0, 0.1) is 11.8 Å². The molecule has 0 saturated carbocycles. The van der Waals surface area contributed by atoms with Crippen LogP contribution in [0.5, 0.6) is 0 Å². The van der Waals surface area contributed by atoms with E-state index in [1.54, 1.807) is 6.07 Å². The molecule has 7 heteroatoms. The molecule has 0 fully saturated rings. The molecule has 0 saturated heterocycles. The fourth-order valence-electron chi connectivity index (χ4n) is 3.26. The van der Waals surface area contributed by atoms with Crippen molar-refractivity contribution in [3.05, 3.63) is 52.7 Å². The second kappa shape index (κ2) is 8.78. The number of benzene rings is 1. The second-order valence-electron chi connectivity index (χ2n) is 8.58. The van der Waals surface area contributed by atoms with Crippen molar-refractivity contribution in [1.29, 1.82) is 0 Å². The number of carbonyl (C=O) groups is 1. The number of aromatic carboxylic acids is 1.